The van der Waals surface area contributed by atoms with Crippen molar-refractivity contribution >= 4 is 22.8 Å². The molecule has 0 bridgehead atoms. The Hall–Kier alpha value is -2.93. The van der Waals surface area contributed by atoms with Crippen molar-refractivity contribution in [2.75, 3.05) is 11.9 Å². The van der Waals surface area contributed by atoms with Gasteiger partial charge < -0.3 is 20.7 Å². The standard InChI is InChI=1S/C22H25N5O2/c1-12-21(25-13-5-7-14(28)8-6-13)27-20-15(3-2-4-18(20)24-12)19-11-16-17(26-19)9-10-23-22(16)29/h2-4,11,13-14,26,28H,5-10H2,1H3,(H,23,29)(H,25,27)/t13-,14+. The molecule has 29 heavy (non-hydrogen) atoms. The van der Waals surface area contributed by atoms with Crippen LogP contribution in [0, 0.1) is 6.92 Å². The minimum Gasteiger partial charge on any atom is -0.393 e. The Bertz CT molecular complexity index is 1080. The number of carbonyl (C=O) groups excluding carboxylic acids is 1. The van der Waals surface area contributed by atoms with Gasteiger partial charge >= 0.3 is 0 Å². The number of aromatic nitrogens is 3. The van der Waals surface area contributed by atoms with Crippen LogP contribution in [0.25, 0.3) is 22.3 Å². The van der Waals surface area contributed by atoms with E-state index in [0.29, 0.717) is 18.2 Å². The van der Waals surface area contributed by atoms with Crippen LogP contribution in [0.15, 0.2) is 24.3 Å². The summed E-state index contributed by atoms with van der Waals surface area (Å²) in [5.41, 5.74) is 6.03. The highest BCUT2D eigenvalue weighted by atomic mass is 16.3. The molecule has 1 aliphatic heterocycles. The first-order valence-electron chi connectivity index (χ1n) is 10.3. The van der Waals surface area contributed by atoms with Gasteiger partial charge in [-0.3, -0.25) is 4.79 Å². The van der Waals surface area contributed by atoms with Crippen molar-refractivity contribution in [1.82, 2.24) is 20.3 Å². The van der Waals surface area contributed by atoms with E-state index in [2.05, 4.69) is 15.6 Å². The number of aromatic amines is 1. The summed E-state index contributed by atoms with van der Waals surface area (Å²) in [6, 6.07) is 8.17. The molecule has 0 radical (unpaired) electrons. The van der Waals surface area contributed by atoms with Crippen LogP contribution in [0.5, 0.6) is 0 Å². The first kappa shape index (κ1) is 18.1. The zero-order chi connectivity index (χ0) is 20.0. The van der Waals surface area contributed by atoms with E-state index in [0.717, 1.165) is 71.6 Å². The van der Waals surface area contributed by atoms with Crippen molar-refractivity contribution in [3.8, 4) is 11.3 Å². The molecule has 1 amide bonds. The second-order valence-corrected chi connectivity index (χ2v) is 8.06. The number of carbonyl (C=O) groups is 1. The van der Waals surface area contributed by atoms with E-state index in [1.807, 2.05) is 31.2 Å². The molecule has 4 N–H and O–H groups in total. The fraction of sp³-hybridized carbons (Fsp3) is 0.409. The van der Waals surface area contributed by atoms with Gasteiger partial charge in [0.05, 0.1) is 22.9 Å². The minimum atomic E-state index is -0.181. The largest absolute Gasteiger partial charge is 0.393 e. The number of H-pyrrole nitrogens is 1. The summed E-state index contributed by atoms with van der Waals surface area (Å²) in [7, 11) is 0. The Labute approximate surface area is 169 Å². The van der Waals surface area contributed by atoms with E-state index in [9.17, 15) is 9.90 Å². The van der Waals surface area contributed by atoms with E-state index in [1.165, 1.54) is 0 Å². The normalized spacial score (nSPS) is 21.7. The average Bonchev–Trinajstić information content (AvgIpc) is 3.15. The predicted molar refractivity (Wildman–Crippen MR) is 112 cm³/mol. The van der Waals surface area contributed by atoms with Gasteiger partial charge in [-0.1, -0.05) is 12.1 Å². The lowest BCUT2D eigenvalue weighted by molar-refractivity contribution is 0.0946. The third kappa shape index (κ3) is 3.35. The molecule has 2 aromatic heterocycles. The van der Waals surface area contributed by atoms with E-state index >= 15 is 0 Å². The number of aryl methyl sites for hydroxylation is 1. The van der Waals surface area contributed by atoms with Gasteiger partial charge in [0.15, 0.2) is 0 Å². The number of para-hydroxylation sites is 1. The number of hydrogen-bond donors (Lipinski definition) is 4. The van der Waals surface area contributed by atoms with Crippen LogP contribution in [0.1, 0.15) is 47.4 Å². The van der Waals surface area contributed by atoms with E-state index in [1.54, 1.807) is 0 Å². The van der Waals surface area contributed by atoms with Crippen molar-refractivity contribution in [2.24, 2.45) is 0 Å². The van der Waals surface area contributed by atoms with Gasteiger partial charge in [0.25, 0.3) is 5.91 Å². The number of fused-ring (bicyclic) bond motifs is 2. The number of benzene rings is 1. The predicted octanol–water partition coefficient (Wildman–Crippen LogP) is 2.93. The molecule has 150 valence electrons. The first-order valence-corrected chi connectivity index (χ1v) is 10.3. The van der Waals surface area contributed by atoms with Crippen molar-refractivity contribution in [2.45, 2.75) is 51.2 Å². The fourth-order valence-electron chi connectivity index (χ4n) is 4.37. The second-order valence-electron chi connectivity index (χ2n) is 8.06. The van der Waals surface area contributed by atoms with Crippen LogP contribution < -0.4 is 10.6 Å². The van der Waals surface area contributed by atoms with Crippen molar-refractivity contribution in [1.29, 1.82) is 0 Å². The van der Waals surface area contributed by atoms with Gasteiger partial charge in [0.2, 0.25) is 0 Å². The number of aliphatic hydroxyl groups excluding tert-OH is 1. The molecule has 2 aliphatic rings. The van der Waals surface area contributed by atoms with Gasteiger partial charge in [-0.15, -0.1) is 0 Å². The molecule has 7 heteroatoms. The zero-order valence-electron chi connectivity index (χ0n) is 16.5. The Morgan fingerprint density at radius 1 is 1.14 bits per heavy atom. The van der Waals surface area contributed by atoms with Crippen LogP contribution in [-0.2, 0) is 6.42 Å². The second kappa shape index (κ2) is 7.15. The van der Waals surface area contributed by atoms with E-state index in [-0.39, 0.29) is 12.0 Å². The molecule has 1 fully saturated rings. The highest BCUT2D eigenvalue weighted by Gasteiger charge is 2.23. The fourth-order valence-corrected chi connectivity index (χ4v) is 4.37. The molecular formula is C22H25N5O2. The Kier molecular flexibility index (Phi) is 4.47. The van der Waals surface area contributed by atoms with Gasteiger partial charge in [-0.25, -0.2) is 9.97 Å². The smallest absolute Gasteiger partial charge is 0.253 e. The number of aliphatic hydroxyl groups is 1. The maximum atomic E-state index is 12.2. The molecule has 0 saturated heterocycles. The third-order valence-electron chi connectivity index (χ3n) is 6.00. The minimum absolute atomic E-state index is 0.0299. The van der Waals surface area contributed by atoms with Crippen LogP contribution in [0.3, 0.4) is 0 Å². The molecule has 0 spiro atoms. The number of rotatable bonds is 3. The average molecular weight is 391 g/mol. The molecule has 3 heterocycles. The van der Waals surface area contributed by atoms with Crippen molar-refractivity contribution < 1.29 is 9.90 Å². The summed E-state index contributed by atoms with van der Waals surface area (Å²) in [6.07, 6.45) is 4.12. The number of anilines is 1. The number of nitrogens with zero attached hydrogens (tertiary/aromatic N) is 2. The van der Waals surface area contributed by atoms with Gasteiger partial charge in [0, 0.05) is 36.0 Å². The summed E-state index contributed by atoms with van der Waals surface area (Å²) >= 11 is 0. The number of nitrogens with one attached hydrogen (secondary N) is 3. The monoisotopic (exact) mass is 391 g/mol. The highest BCUT2D eigenvalue weighted by Crippen LogP contribution is 2.31. The van der Waals surface area contributed by atoms with Gasteiger partial charge in [0.1, 0.15) is 11.3 Å². The number of hydrogen-bond acceptors (Lipinski definition) is 5. The first-order chi connectivity index (χ1) is 14.1. The summed E-state index contributed by atoms with van der Waals surface area (Å²) in [5, 5.41) is 16.2. The van der Waals surface area contributed by atoms with Crippen molar-refractivity contribution in [3.63, 3.8) is 0 Å². The molecule has 1 aliphatic carbocycles. The van der Waals surface area contributed by atoms with Crippen LogP contribution in [-0.4, -0.2) is 44.7 Å². The van der Waals surface area contributed by atoms with Crippen LogP contribution in [0.4, 0.5) is 5.82 Å². The summed E-state index contributed by atoms with van der Waals surface area (Å²) in [5.74, 6) is 0.762. The van der Waals surface area contributed by atoms with Crippen molar-refractivity contribution in [3.05, 3.63) is 41.2 Å². The molecule has 3 aromatic rings. The molecule has 1 aromatic carbocycles. The maximum Gasteiger partial charge on any atom is 0.253 e. The SMILES string of the molecule is Cc1nc2cccc(-c3cc4c([nH]3)CCNC4=O)c2nc1N[C@H]1CC[C@@H](O)CC1. The highest BCUT2D eigenvalue weighted by molar-refractivity contribution is 5.99. The molecular weight excluding hydrogens is 366 g/mol. The lowest BCUT2D eigenvalue weighted by Crippen LogP contribution is -2.31. The lowest BCUT2D eigenvalue weighted by Gasteiger charge is -2.27. The third-order valence-corrected chi connectivity index (χ3v) is 6.00. The summed E-state index contributed by atoms with van der Waals surface area (Å²) < 4.78 is 0. The molecule has 1 saturated carbocycles. The summed E-state index contributed by atoms with van der Waals surface area (Å²) in [6.45, 7) is 2.63. The molecule has 5 rings (SSSR count). The van der Waals surface area contributed by atoms with Gasteiger partial charge in [-0.05, 0) is 44.7 Å². The maximum absolute atomic E-state index is 12.2. The van der Waals surface area contributed by atoms with Gasteiger partial charge in [-0.2, -0.15) is 0 Å². The van der Waals surface area contributed by atoms with E-state index < -0.39 is 0 Å². The Morgan fingerprint density at radius 2 is 1.97 bits per heavy atom. The Balaban J connectivity index is 1.54. The molecule has 7 nitrogen and oxygen atoms in total. The zero-order valence-corrected chi connectivity index (χ0v) is 16.5. The number of amides is 1. The Morgan fingerprint density at radius 3 is 2.76 bits per heavy atom. The lowest BCUT2D eigenvalue weighted by atomic mass is 9.93. The molecule has 0 unspecified atom stereocenters. The van der Waals surface area contributed by atoms with Crippen LogP contribution >= 0.6 is 0 Å². The quantitative estimate of drug-likeness (QED) is 0.550. The van der Waals surface area contributed by atoms with E-state index in [4.69, 9.17) is 9.97 Å². The van der Waals surface area contributed by atoms with Crippen LogP contribution in [0.2, 0.25) is 0 Å². The molecule has 0 atom stereocenters. The topological polar surface area (TPSA) is 103 Å². The summed E-state index contributed by atoms with van der Waals surface area (Å²) in [4.78, 5) is 25.3.